The summed E-state index contributed by atoms with van der Waals surface area (Å²) in [6.07, 6.45) is 0.352. The van der Waals surface area contributed by atoms with Gasteiger partial charge in [0, 0.05) is 17.0 Å². The molecule has 0 radical (unpaired) electrons. The fourth-order valence-electron chi connectivity index (χ4n) is 2.49. The van der Waals surface area contributed by atoms with Crippen LogP contribution in [-0.2, 0) is 4.74 Å². The van der Waals surface area contributed by atoms with Crippen LogP contribution in [0.3, 0.4) is 0 Å². The van der Waals surface area contributed by atoms with Crippen LogP contribution in [-0.4, -0.2) is 32.0 Å². The lowest BCUT2D eigenvalue weighted by molar-refractivity contribution is 0.0427. The van der Waals surface area contributed by atoms with Gasteiger partial charge in [-0.1, -0.05) is 15.9 Å². The number of halogens is 1. The zero-order valence-corrected chi connectivity index (χ0v) is 12.9. The lowest BCUT2D eigenvalue weighted by Crippen LogP contribution is -2.20. The predicted molar refractivity (Wildman–Crippen MR) is 75.7 cm³/mol. The van der Waals surface area contributed by atoms with Gasteiger partial charge in [-0.25, -0.2) is 0 Å². The summed E-state index contributed by atoms with van der Waals surface area (Å²) in [6, 6.07) is 3.64. The van der Waals surface area contributed by atoms with Gasteiger partial charge in [0.15, 0.2) is 11.5 Å². The monoisotopic (exact) mass is 330 g/mol. The van der Waals surface area contributed by atoms with Gasteiger partial charge in [-0.15, -0.1) is 0 Å². The van der Waals surface area contributed by atoms with Gasteiger partial charge in [-0.3, -0.25) is 0 Å². The number of methoxy groups -OCH3 is 2. The highest BCUT2D eigenvalue weighted by Gasteiger charge is 2.33. The molecule has 1 aliphatic rings. The van der Waals surface area contributed by atoms with Gasteiger partial charge in [-0.05, 0) is 31.0 Å². The Balaban J connectivity index is 2.33. The van der Waals surface area contributed by atoms with Gasteiger partial charge in [0.1, 0.15) is 0 Å². The van der Waals surface area contributed by atoms with E-state index in [1.807, 2.05) is 19.1 Å². The Hall–Kier alpha value is -0.780. The van der Waals surface area contributed by atoms with Crippen LogP contribution in [0.5, 0.6) is 11.5 Å². The van der Waals surface area contributed by atoms with Crippen molar-refractivity contribution in [2.24, 2.45) is 5.92 Å². The molecule has 3 atom stereocenters. The lowest BCUT2D eigenvalue weighted by Gasteiger charge is -2.23. The van der Waals surface area contributed by atoms with Crippen molar-refractivity contribution in [3.63, 3.8) is 0 Å². The fraction of sp³-hybridized carbons (Fsp3) is 0.571. The number of ether oxygens (including phenoxy) is 3. The third-order valence-electron chi connectivity index (χ3n) is 3.66. The van der Waals surface area contributed by atoms with Gasteiger partial charge in [0.05, 0.1) is 26.4 Å². The molecule has 1 fully saturated rings. The minimum Gasteiger partial charge on any atom is -0.493 e. The number of rotatable bonds is 4. The van der Waals surface area contributed by atoms with E-state index in [1.54, 1.807) is 14.2 Å². The molecule has 0 bridgehead atoms. The van der Waals surface area contributed by atoms with Gasteiger partial charge in [0.2, 0.25) is 0 Å². The highest BCUT2D eigenvalue weighted by Crippen LogP contribution is 2.41. The predicted octanol–water partition coefficient (Wildman–Crippen LogP) is 2.92. The molecule has 0 saturated carbocycles. The molecule has 1 heterocycles. The van der Waals surface area contributed by atoms with Crippen LogP contribution in [0.25, 0.3) is 0 Å². The Bertz CT molecular complexity index is 449. The second kappa shape index (κ2) is 6.11. The molecule has 0 spiro atoms. The van der Waals surface area contributed by atoms with E-state index in [0.717, 1.165) is 16.5 Å². The molecule has 1 N–H and O–H groups in total. The molecule has 1 aromatic rings. The summed E-state index contributed by atoms with van der Waals surface area (Å²) in [5.74, 6) is 1.36. The van der Waals surface area contributed by atoms with Crippen LogP contribution >= 0.6 is 15.9 Å². The standard InChI is InChI=1S/C14H19BrO4/c1-8-9(4-5-19-8)14(16)10-6-12(17-2)13(18-3)7-11(10)15/h6-9,14,16H,4-5H2,1-3H3. The molecule has 1 aromatic carbocycles. The van der Waals surface area contributed by atoms with Gasteiger partial charge in [-0.2, -0.15) is 0 Å². The van der Waals surface area contributed by atoms with Crippen LogP contribution in [0, 0.1) is 5.92 Å². The first-order valence-electron chi connectivity index (χ1n) is 6.29. The first-order valence-corrected chi connectivity index (χ1v) is 7.08. The largest absolute Gasteiger partial charge is 0.493 e. The summed E-state index contributed by atoms with van der Waals surface area (Å²) in [7, 11) is 3.18. The van der Waals surface area contributed by atoms with Gasteiger partial charge >= 0.3 is 0 Å². The van der Waals surface area contributed by atoms with E-state index < -0.39 is 6.10 Å². The quantitative estimate of drug-likeness (QED) is 0.922. The van der Waals surface area contributed by atoms with Gasteiger partial charge in [0.25, 0.3) is 0 Å². The molecule has 19 heavy (non-hydrogen) atoms. The Labute approximate surface area is 121 Å². The average molecular weight is 331 g/mol. The van der Waals surface area contributed by atoms with Crippen LogP contribution in [0.2, 0.25) is 0 Å². The van der Waals surface area contributed by atoms with E-state index in [2.05, 4.69) is 15.9 Å². The second-order valence-electron chi connectivity index (χ2n) is 4.70. The van der Waals surface area contributed by atoms with Crippen molar-refractivity contribution < 1.29 is 19.3 Å². The molecule has 106 valence electrons. The van der Waals surface area contributed by atoms with Gasteiger partial charge < -0.3 is 19.3 Å². The maximum atomic E-state index is 10.5. The third-order valence-corrected chi connectivity index (χ3v) is 4.35. The molecule has 1 aliphatic heterocycles. The van der Waals surface area contributed by atoms with Crippen LogP contribution in [0.4, 0.5) is 0 Å². The Morgan fingerprint density at radius 2 is 1.95 bits per heavy atom. The van der Waals surface area contributed by atoms with Crippen molar-refractivity contribution in [3.05, 3.63) is 22.2 Å². The highest BCUT2D eigenvalue weighted by atomic mass is 79.9. The summed E-state index contributed by atoms with van der Waals surface area (Å²) in [6.45, 7) is 2.70. The van der Waals surface area contributed by atoms with Crippen molar-refractivity contribution in [1.82, 2.24) is 0 Å². The number of hydrogen-bond acceptors (Lipinski definition) is 4. The van der Waals surface area contributed by atoms with Crippen LogP contribution in [0.15, 0.2) is 16.6 Å². The molecular formula is C14H19BrO4. The Morgan fingerprint density at radius 1 is 1.32 bits per heavy atom. The van der Waals surface area contributed by atoms with E-state index in [1.165, 1.54) is 0 Å². The van der Waals surface area contributed by atoms with E-state index >= 15 is 0 Å². The molecule has 4 nitrogen and oxygen atoms in total. The highest BCUT2D eigenvalue weighted by molar-refractivity contribution is 9.10. The molecule has 0 aliphatic carbocycles. The fourth-order valence-corrected chi connectivity index (χ4v) is 3.05. The normalized spacial score (nSPS) is 24.3. The number of hydrogen-bond donors (Lipinski definition) is 1. The molecule has 3 unspecified atom stereocenters. The van der Waals surface area contributed by atoms with E-state index in [0.29, 0.717) is 18.1 Å². The molecule has 2 rings (SSSR count). The Kier molecular flexibility index (Phi) is 4.71. The topological polar surface area (TPSA) is 47.9 Å². The van der Waals surface area contributed by atoms with E-state index in [4.69, 9.17) is 14.2 Å². The summed E-state index contributed by atoms with van der Waals surface area (Å²) >= 11 is 3.48. The molecular weight excluding hydrogens is 312 g/mol. The smallest absolute Gasteiger partial charge is 0.161 e. The number of aliphatic hydroxyl groups excluding tert-OH is 1. The molecule has 0 amide bonds. The van der Waals surface area contributed by atoms with Crippen LogP contribution < -0.4 is 9.47 Å². The number of aliphatic hydroxyl groups is 1. The lowest BCUT2D eigenvalue weighted by atomic mass is 9.90. The SMILES string of the molecule is COc1cc(Br)c(C(O)C2CCOC2C)cc1OC. The van der Waals surface area contributed by atoms with E-state index in [9.17, 15) is 5.11 Å². The first-order chi connectivity index (χ1) is 9.08. The second-order valence-corrected chi connectivity index (χ2v) is 5.56. The minimum absolute atomic E-state index is 0.0648. The summed E-state index contributed by atoms with van der Waals surface area (Å²) in [5, 5.41) is 10.5. The molecule has 5 heteroatoms. The summed E-state index contributed by atoms with van der Waals surface area (Å²) in [5.41, 5.74) is 0.806. The zero-order chi connectivity index (χ0) is 14.0. The maximum absolute atomic E-state index is 10.5. The summed E-state index contributed by atoms with van der Waals surface area (Å²) in [4.78, 5) is 0. The van der Waals surface area contributed by atoms with Crippen LogP contribution in [0.1, 0.15) is 25.0 Å². The van der Waals surface area contributed by atoms with E-state index in [-0.39, 0.29) is 12.0 Å². The minimum atomic E-state index is -0.577. The average Bonchev–Trinajstić information content (AvgIpc) is 2.83. The molecule has 1 saturated heterocycles. The summed E-state index contributed by atoms with van der Waals surface area (Å²) < 4.78 is 16.9. The number of benzene rings is 1. The first kappa shape index (κ1) is 14.6. The van der Waals surface area contributed by atoms with Crippen molar-refractivity contribution in [2.75, 3.05) is 20.8 Å². The zero-order valence-electron chi connectivity index (χ0n) is 11.4. The maximum Gasteiger partial charge on any atom is 0.161 e. The van der Waals surface area contributed by atoms with Crippen molar-refractivity contribution in [1.29, 1.82) is 0 Å². The third kappa shape index (κ3) is 2.88. The van der Waals surface area contributed by atoms with Crippen molar-refractivity contribution in [3.8, 4) is 11.5 Å². The molecule has 0 aromatic heterocycles. The Morgan fingerprint density at radius 3 is 2.47 bits per heavy atom. The van der Waals surface area contributed by atoms with Crippen molar-refractivity contribution >= 4 is 15.9 Å². The van der Waals surface area contributed by atoms with Crippen molar-refractivity contribution in [2.45, 2.75) is 25.6 Å².